The molecule has 1 aliphatic carbocycles. The van der Waals surface area contributed by atoms with E-state index in [1.54, 1.807) is 18.3 Å². The van der Waals surface area contributed by atoms with E-state index in [4.69, 9.17) is 4.74 Å². The van der Waals surface area contributed by atoms with Crippen LogP contribution in [-0.2, 0) is 14.3 Å². The predicted octanol–water partition coefficient (Wildman–Crippen LogP) is 4.99. The Balaban J connectivity index is 2.18. The molecule has 0 amide bonds. The fourth-order valence-corrected chi connectivity index (χ4v) is 5.51. The van der Waals surface area contributed by atoms with E-state index < -0.39 is 0 Å². The van der Waals surface area contributed by atoms with E-state index in [-0.39, 0.29) is 23.1 Å². The Kier molecular flexibility index (Phi) is 5.19. The lowest BCUT2D eigenvalue weighted by atomic mass is 9.70. The number of esters is 1. The number of carbonyl (C=O) groups excluding carboxylic acids is 2. The van der Waals surface area contributed by atoms with Gasteiger partial charge in [0.1, 0.15) is 0 Å². The molecule has 1 aromatic heterocycles. The molecule has 1 atom stereocenters. The highest BCUT2D eigenvalue weighted by Gasteiger charge is 2.43. The highest BCUT2D eigenvalue weighted by Crippen LogP contribution is 2.48. The summed E-state index contributed by atoms with van der Waals surface area (Å²) < 4.78 is 6.32. The number of dihydropyridines is 1. The van der Waals surface area contributed by atoms with Crippen LogP contribution in [0.1, 0.15) is 56.2 Å². The first-order valence-corrected chi connectivity index (χ1v) is 10.4. The third kappa shape index (κ3) is 3.41. The summed E-state index contributed by atoms with van der Waals surface area (Å²) in [6, 6.07) is 2.03. The molecular formula is C20H24BrNO3S. The number of thiophene rings is 1. The van der Waals surface area contributed by atoms with Gasteiger partial charge in [-0.2, -0.15) is 0 Å². The quantitative estimate of drug-likeness (QED) is 0.676. The third-order valence-electron chi connectivity index (χ3n) is 4.90. The lowest BCUT2D eigenvalue weighted by molar-refractivity contribution is -0.138. The number of ketones is 1. The molecule has 0 bridgehead atoms. The Morgan fingerprint density at radius 2 is 2.08 bits per heavy atom. The van der Waals surface area contributed by atoms with Crippen molar-refractivity contribution in [3.63, 3.8) is 0 Å². The van der Waals surface area contributed by atoms with E-state index in [9.17, 15) is 9.59 Å². The zero-order valence-electron chi connectivity index (χ0n) is 15.8. The van der Waals surface area contributed by atoms with E-state index >= 15 is 0 Å². The minimum Gasteiger partial charge on any atom is -0.463 e. The molecule has 0 saturated heterocycles. The van der Waals surface area contributed by atoms with Gasteiger partial charge in [-0.25, -0.2) is 4.79 Å². The largest absolute Gasteiger partial charge is 0.463 e. The van der Waals surface area contributed by atoms with Crippen molar-refractivity contribution in [1.82, 2.24) is 5.32 Å². The number of hydrogen-bond donors (Lipinski definition) is 1. The average molecular weight is 438 g/mol. The number of aryl methyl sites for hydroxylation is 1. The molecule has 0 radical (unpaired) electrons. The Hall–Kier alpha value is -1.40. The van der Waals surface area contributed by atoms with Crippen LogP contribution in [0.2, 0.25) is 0 Å². The van der Waals surface area contributed by atoms with Gasteiger partial charge >= 0.3 is 5.97 Å². The summed E-state index contributed by atoms with van der Waals surface area (Å²) in [5.41, 5.74) is 2.92. The van der Waals surface area contributed by atoms with Gasteiger partial charge in [-0.15, -0.1) is 11.3 Å². The number of carbonyl (C=O) groups is 2. The van der Waals surface area contributed by atoms with E-state index in [1.807, 2.05) is 19.9 Å². The van der Waals surface area contributed by atoms with Crippen molar-refractivity contribution in [2.75, 3.05) is 6.61 Å². The van der Waals surface area contributed by atoms with Crippen LogP contribution in [0.25, 0.3) is 0 Å². The summed E-state index contributed by atoms with van der Waals surface area (Å²) >= 11 is 5.19. The number of hydrogen-bond acceptors (Lipinski definition) is 5. The van der Waals surface area contributed by atoms with Gasteiger partial charge in [-0.05, 0) is 54.6 Å². The lowest BCUT2D eigenvalue weighted by Gasteiger charge is -2.39. The van der Waals surface area contributed by atoms with Gasteiger partial charge in [0.25, 0.3) is 0 Å². The fraction of sp³-hybridized carbons (Fsp3) is 0.500. The summed E-state index contributed by atoms with van der Waals surface area (Å²) in [5.74, 6) is -0.594. The maximum Gasteiger partial charge on any atom is 0.336 e. The standard InChI is InChI=1S/C20H24BrNO3S/c1-6-25-19(24)16-10(2)22-13-8-20(4,5)9-14(23)17(13)18(16)15-7-12(21)11(3)26-15/h7,18,22H,6,8-9H2,1-5H3/t18-/m0/s1. The summed E-state index contributed by atoms with van der Waals surface area (Å²) in [6.45, 7) is 10.2. The Bertz CT molecular complexity index is 828. The van der Waals surface area contributed by atoms with Crippen LogP contribution < -0.4 is 5.32 Å². The van der Waals surface area contributed by atoms with Crippen molar-refractivity contribution in [1.29, 1.82) is 0 Å². The van der Waals surface area contributed by atoms with Crippen molar-refractivity contribution in [2.24, 2.45) is 5.41 Å². The number of allylic oxidation sites excluding steroid dienone is 3. The van der Waals surface area contributed by atoms with Gasteiger partial charge in [0.05, 0.1) is 18.1 Å². The second kappa shape index (κ2) is 6.97. The Labute approximate surface area is 166 Å². The highest BCUT2D eigenvalue weighted by atomic mass is 79.9. The minimum absolute atomic E-state index is 0.0822. The average Bonchev–Trinajstić information content (AvgIpc) is 2.83. The van der Waals surface area contributed by atoms with Crippen molar-refractivity contribution >= 4 is 39.0 Å². The second-order valence-corrected chi connectivity index (χ2v) is 9.85. The summed E-state index contributed by atoms with van der Waals surface area (Å²) in [6.07, 6.45) is 1.29. The van der Waals surface area contributed by atoms with E-state index in [2.05, 4.69) is 35.1 Å². The molecule has 4 nitrogen and oxygen atoms in total. The topological polar surface area (TPSA) is 55.4 Å². The molecule has 140 valence electrons. The minimum atomic E-state index is -0.358. The molecule has 3 rings (SSSR count). The van der Waals surface area contributed by atoms with Crippen molar-refractivity contribution in [3.05, 3.63) is 42.8 Å². The van der Waals surface area contributed by atoms with E-state index in [0.717, 1.165) is 37.6 Å². The first-order chi connectivity index (χ1) is 12.1. The van der Waals surface area contributed by atoms with Crippen molar-refractivity contribution in [3.8, 4) is 0 Å². The molecule has 0 unspecified atom stereocenters. The molecule has 0 saturated carbocycles. The van der Waals surface area contributed by atoms with Crippen molar-refractivity contribution in [2.45, 2.75) is 53.4 Å². The highest BCUT2D eigenvalue weighted by molar-refractivity contribution is 9.10. The number of ether oxygens (including phenoxy) is 1. The lowest BCUT2D eigenvalue weighted by Crippen LogP contribution is -2.38. The van der Waals surface area contributed by atoms with Gasteiger partial charge in [-0.3, -0.25) is 4.79 Å². The molecule has 1 aromatic rings. The van der Waals surface area contributed by atoms with Gasteiger partial charge < -0.3 is 10.1 Å². The normalized spacial score (nSPS) is 22.2. The van der Waals surface area contributed by atoms with Crippen molar-refractivity contribution < 1.29 is 14.3 Å². The van der Waals surface area contributed by atoms with Crippen LogP contribution in [0.15, 0.2) is 33.1 Å². The maximum absolute atomic E-state index is 13.1. The van der Waals surface area contributed by atoms with E-state index in [0.29, 0.717) is 18.6 Å². The molecule has 6 heteroatoms. The number of nitrogens with one attached hydrogen (secondary N) is 1. The molecule has 2 aliphatic rings. The maximum atomic E-state index is 13.1. The summed E-state index contributed by atoms with van der Waals surface area (Å²) in [7, 11) is 0. The zero-order valence-corrected chi connectivity index (χ0v) is 18.2. The fourth-order valence-electron chi connectivity index (χ4n) is 3.82. The first kappa shape index (κ1) is 19.4. The molecule has 1 N–H and O–H groups in total. The van der Waals surface area contributed by atoms with Crippen LogP contribution in [0.4, 0.5) is 0 Å². The Morgan fingerprint density at radius 1 is 1.38 bits per heavy atom. The third-order valence-corrected chi connectivity index (χ3v) is 7.10. The van der Waals surface area contributed by atoms with Gasteiger partial charge in [0, 0.05) is 37.6 Å². The first-order valence-electron chi connectivity index (χ1n) is 8.81. The zero-order chi connectivity index (χ0) is 19.2. The molecule has 1 aliphatic heterocycles. The molecule has 0 spiro atoms. The van der Waals surface area contributed by atoms with Crippen LogP contribution in [0.5, 0.6) is 0 Å². The number of rotatable bonds is 3. The van der Waals surface area contributed by atoms with Gasteiger partial charge in [0.2, 0.25) is 0 Å². The van der Waals surface area contributed by atoms with Gasteiger partial charge in [-0.1, -0.05) is 13.8 Å². The van der Waals surface area contributed by atoms with Crippen LogP contribution >= 0.6 is 27.3 Å². The van der Waals surface area contributed by atoms with Crippen LogP contribution in [0, 0.1) is 12.3 Å². The smallest absolute Gasteiger partial charge is 0.336 e. The van der Waals surface area contributed by atoms with Crippen LogP contribution in [0.3, 0.4) is 0 Å². The summed E-state index contributed by atoms with van der Waals surface area (Å²) in [4.78, 5) is 27.9. The molecule has 0 aromatic carbocycles. The molecule has 0 fully saturated rings. The molecule has 26 heavy (non-hydrogen) atoms. The second-order valence-electron chi connectivity index (χ2n) is 7.70. The van der Waals surface area contributed by atoms with Crippen LogP contribution in [-0.4, -0.2) is 18.4 Å². The SMILES string of the molecule is CCOC(=O)C1=C(C)NC2=C(C(=O)CC(C)(C)C2)[C@H]1c1cc(Br)c(C)s1. The van der Waals surface area contributed by atoms with E-state index in [1.165, 1.54) is 0 Å². The summed E-state index contributed by atoms with van der Waals surface area (Å²) in [5, 5.41) is 3.35. The number of Topliss-reactive ketones (excluding diaryl/α,β-unsaturated/α-hetero) is 1. The number of halogens is 1. The molecule has 2 heterocycles. The van der Waals surface area contributed by atoms with Gasteiger partial charge in [0.15, 0.2) is 5.78 Å². The predicted molar refractivity (Wildman–Crippen MR) is 107 cm³/mol. The Morgan fingerprint density at radius 3 is 2.65 bits per heavy atom. The monoisotopic (exact) mass is 437 g/mol. The molecular weight excluding hydrogens is 414 g/mol.